The zero-order valence-corrected chi connectivity index (χ0v) is 12.4. The number of rotatable bonds is 5. The largest absolute Gasteiger partial charge is 0.457 e. The first-order valence-corrected chi connectivity index (χ1v) is 7.95. The molecule has 0 bridgehead atoms. The summed E-state index contributed by atoms with van der Waals surface area (Å²) in [4.78, 5) is 0. The fourth-order valence-corrected chi connectivity index (χ4v) is 2.91. The van der Waals surface area contributed by atoms with Crippen LogP contribution >= 0.6 is 0 Å². The lowest BCUT2D eigenvalue weighted by Gasteiger charge is -2.23. The molecule has 110 valence electrons. The summed E-state index contributed by atoms with van der Waals surface area (Å²) in [6.07, 6.45) is 6.78. The van der Waals surface area contributed by atoms with Crippen molar-refractivity contribution in [2.75, 3.05) is 0 Å². The quantitative estimate of drug-likeness (QED) is 0.841. The first kappa shape index (κ1) is 14.2. The molecule has 2 heteroatoms. The van der Waals surface area contributed by atoms with Gasteiger partial charge < -0.3 is 10.1 Å². The Bertz CT molecular complexity index is 547. The van der Waals surface area contributed by atoms with Crippen LogP contribution in [0.4, 0.5) is 0 Å². The summed E-state index contributed by atoms with van der Waals surface area (Å²) in [7, 11) is 0. The van der Waals surface area contributed by atoms with E-state index in [1.165, 1.54) is 37.7 Å². The highest BCUT2D eigenvalue weighted by Crippen LogP contribution is 2.22. The molecule has 1 aliphatic carbocycles. The van der Waals surface area contributed by atoms with Crippen LogP contribution in [-0.2, 0) is 6.54 Å². The van der Waals surface area contributed by atoms with Gasteiger partial charge in [0.05, 0.1) is 0 Å². The van der Waals surface area contributed by atoms with Crippen molar-refractivity contribution >= 4 is 0 Å². The Hall–Kier alpha value is -1.80. The molecule has 2 aromatic carbocycles. The van der Waals surface area contributed by atoms with Gasteiger partial charge >= 0.3 is 0 Å². The highest BCUT2D eigenvalue weighted by Gasteiger charge is 2.12. The number of nitrogens with one attached hydrogen (secondary N) is 1. The lowest BCUT2D eigenvalue weighted by molar-refractivity contribution is 0.372. The third-order valence-electron chi connectivity index (χ3n) is 4.08. The number of hydrogen-bond donors (Lipinski definition) is 1. The standard InChI is InChI=1S/C19H23NO/c1-3-9-17(10-4-1)20-15-16-8-7-13-19(14-16)21-18-11-5-2-6-12-18/h2,5-8,11-14,17,20H,1,3-4,9-10,15H2. The number of hydrogen-bond acceptors (Lipinski definition) is 2. The van der Waals surface area contributed by atoms with E-state index < -0.39 is 0 Å². The van der Waals surface area contributed by atoms with Gasteiger partial charge in [0.2, 0.25) is 0 Å². The summed E-state index contributed by atoms with van der Waals surface area (Å²) in [6, 6.07) is 19.0. The molecule has 1 aliphatic rings. The third-order valence-corrected chi connectivity index (χ3v) is 4.08. The lowest BCUT2D eigenvalue weighted by Crippen LogP contribution is -2.30. The van der Waals surface area contributed by atoms with Gasteiger partial charge in [-0.2, -0.15) is 0 Å². The molecule has 1 fully saturated rings. The predicted molar refractivity (Wildman–Crippen MR) is 86.7 cm³/mol. The maximum absolute atomic E-state index is 5.88. The van der Waals surface area contributed by atoms with Crippen LogP contribution in [0.2, 0.25) is 0 Å². The molecule has 3 rings (SSSR count). The minimum atomic E-state index is 0.692. The molecule has 0 spiro atoms. The molecule has 0 saturated heterocycles. The summed E-state index contributed by atoms with van der Waals surface area (Å²) in [5.41, 5.74) is 1.29. The maximum Gasteiger partial charge on any atom is 0.127 e. The summed E-state index contributed by atoms with van der Waals surface area (Å²) in [5, 5.41) is 3.67. The SMILES string of the molecule is c1ccc(Oc2cccc(CNC3CCCCC3)c2)cc1. The lowest BCUT2D eigenvalue weighted by atomic mass is 9.95. The van der Waals surface area contributed by atoms with E-state index in [9.17, 15) is 0 Å². The van der Waals surface area contributed by atoms with Crippen molar-refractivity contribution in [2.24, 2.45) is 0 Å². The highest BCUT2D eigenvalue weighted by atomic mass is 16.5. The third kappa shape index (κ3) is 4.33. The van der Waals surface area contributed by atoms with Gasteiger partial charge in [0.15, 0.2) is 0 Å². The van der Waals surface area contributed by atoms with E-state index in [-0.39, 0.29) is 0 Å². The molecule has 1 N–H and O–H groups in total. The molecule has 0 radical (unpaired) electrons. The average Bonchev–Trinajstić information content (AvgIpc) is 2.55. The molecule has 0 amide bonds. The van der Waals surface area contributed by atoms with E-state index in [1.54, 1.807) is 0 Å². The topological polar surface area (TPSA) is 21.3 Å². The Morgan fingerprint density at radius 3 is 2.43 bits per heavy atom. The Morgan fingerprint density at radius 2 is 1.62 bits per heavy atom. The van der Waals surface area contributed by atoms with Crippen LogP contribution in [0.5, 0.6) is 11.5 Å². The monoisotopic (exact) mass is 281 g/mol. The van der Waals surface area contributed by atoms with E-state index in [1.807, 2.05) is 36.4 Å². The minimum Gasteiger partial charge on any atom is -0.457 e. The van der Waals surface area contributed by atoms with Crippen molar-refractivity contribution in [3.63, 3.8) is 0 Å². The van der Waals surface area contributed by atoms with Crippen LogP contribution in [0.15, 0.2) is 54.6 Å². The minimum absolute atomic E-state index is 0.692. The zero-order valence-electron chi connectivity index (χ0n) is 12.4. The van der Waals surface area contributed by atoms with Crippen molar-refractivity contribution in [3.8, 4) is 11.5 Å². The van der Waals surface area contributed by atoms with E-state index >= 15 is 0 Å². The Morgan fingerprint density at radius 1 is 0.857 bits per heavy atom. The fraction of sp³-hybridized carbons (Fsp3) is 0.368. The number of ether oxygens (including phenoxy) is 1. The molecule has 0 atom stereocenters. The molecule has 1 saturated carbocycles. The van der Waals surface area contributed by atoms with Gasteiger partial charge in [0.1, 0.15) is 11.5 Å². The van der Waals surface area contributed by atoms with Gasteiger partial charge in [-0.15, -0.1) is 0 Å². The fourth-order valence-electron chi connectivity index (χ4n) is 2.91. The average molecular weight is 281 g/mol. The van der Waals surface area contributed by atoms with E-state index in [4.69, 9.17) is 4.74 Å². The van der Waals surface area contributed by atoms with Crippen LogP contribution in [0.1, 0.15) is 37.7 Å². The normalized spacial score (nSPS) is 15.8. The van der Waals surface area contributed by atoms with Crippen molar-refractivity contribution < 1.29 is 4.74 Å². The molecule has 0 aromatic heterocycles. The second-order valence-corrected chi connectivity index (χ2v) is 5.78. The highest BCUT2D eigenvalue weighted by molar-refractivity contribution is 5.33. The second kappa shape index (κ2) is 7.28. The molecule has 21 heavy (non-hydrogen) atoms. The van der Waals surface area contributed by atoms with E-state index in [0.29, 0.717) is 6.04 Å². The Balaban J connectivity index is 1.57. The summed E-state index contributed by atoms with van der Waals surface area (Å²) in [6.45, 7) is 0.927. The summed E-state index contributed by atoms with van der Waals surface area (Å²) in [5.74, 6) is 1.79. The molecule has 2 aromatic rings. The van der Waals surface area contributed by atoms with Crippen LogP contribution in [0.3, 0.4) is 0 Å². The zero-order chi connectivity index (χ0) is 14.3. The number of para-hydroxylation sites is 1. The molecular weight excluding hydrogens is 258 g/mol. The molecule has 2 nitrogen and oxygen atoms in total. The van der Waals surface area contributed by atoms with Crippen molar-refractivity contribution in [1.29, 1.82) is 0 Å². The Kier molecular flexibility index (Phi) is 4.90. The van der Waals surface area contributed by atoms with E-state index in [0.717, 1.165) is 18.0 Å². The number of benzene rings is 2. The van der Waals surface area contributed by atoms with Gasteiger partial charge in [0, 0.05) is 12.6 Å². The van der Waals surface area contributed by atoms with Crippen LogP contribution in [0.25, 0.3) is 0 Å². The molecule has 0 heterocycles. The second-order valence-electron chi connectivity index (χ2n) is 5.78. The van der Waals surface area contributed by atoms with E-state index in [2.05, 4.69) is 23.5 Å². The summed E-state index contributed by atoms with van der Waals surface area (Å²) >= 11 is 0. The summed E-state index contributed by atoms with van der Waals surface area (Å²) < 4.78 is 5.88. The Labute approximate surface area is 127 Å². The van der Waals surface area contributed by atoms with Crippen molar-refractivity contribution in [3.05, 3.63) is 60.2 Å². The van der Waals surface area contributed by atoms with Gasteiger partial charge in [-0.05, 0) is 42.7 Å². The van der Waals surface area contributed by atoms with Crippen LogP contribution < -0.4 is 10.1 Å². The first-order chi connectivity index (χ1) is 10.4. The van der Waals surface area contributed by atoms with Gasteiger partial charge in [-0.1, -0.05) is 49.6 Å². The van der Waals surface area contributed by atoms with Crippen molar-refractivity contribution in [1.82, 2.24) is 5.32 Å². The van der Waals surface area contributed by atoms with Gasteiger partial charge in [0.25, 0.3) is 0 Å². The van der Waals surface area contributed by atoms with Crippen LogP contribution in [0, 0.1) is 0 Å². The predicted octanol–water partition coefficient (Wildman–Crippen LogP) is 4.90. The molecule has 0 aliphatic heterocycles. The smallest absolute Gasteiger partial charge is 0.127 e. The van der Waals surface area contributed by atoms with Crippen LogP contribution in [-0.4, -0.2) is 6.04 Å². The van der Waals surface area contributed by atoms with Gasteiger partial charge in [-0.25, -0.2) is 0 Å². The molecule has 0 unspecified atom stereocenters. The molecular formula is C19H23NO. The van der Waals surface area contributed by atoms with Crippen molar-refractivity contribution in [2.45, 2.75) is 44.7 Å². The first-order valence-electron chi connectivity index (χ1n) is 7.95. The van der Waals surface area contributed by atoms with Gasteiger partial charge in [-0.3, -0.25) is 0 Å². The maximum atomic E-state index is 5.88.